The molecule has 17 heavy (non-hydrogen) atoms. The number of aromatic nitrogens is 1. The molecule has 0 saturated carbocycles. The summed E-state index contributed by atoms with van der Waals surface area (Å²) in [5.74, 6) is -0.942. The Bertz CT molecular complexity index is 587. The van der Waals surface area contributed by atoms with E-state index in [0.29, 0.717) is 16.6 Å². The zero-order valence-electron chi connectivity index (χ0n) is 9.64. The normalized spacial score (nSPS) is 11.7. The predicted molar refractivity (Wildman–Crippen MR) is 70.7 cm³/mol. The average molecular weight is 247 g/mol. The Morgan fingerprint density at radius 2 is 2.00 bits per heavy atom. The number of carbonyl (C=O) groups is 1. The van der Waals surface area contributed by atoms with Crippen LogP contribution in [0.25, 0.3) is 10.9 Å². The first-order valence-corrected chi connectivity index (χ1v) is 5.70. The van der Waals surface area contributed by atoms with E-state index in [4.69, 9.17) is 0 Å². The van der Waals surface area contributed by atoms with Gasteiger partial charge in [0, 0.05) is 10.1 Å². The van der Waals surface area contributed by atoms with Crippen LogP contribution in [0.1, 0.15) is 29.9 Å². The number of para-hydroxylation sites is 1. The van der Waals surface area contributed by atoms with E-state index in [9.17, 15) is 9.90 Å². The minimum Gasteiger partial charge on any atom is -0.478 e. The summed E-state index contributed by atoms with van der Waals surface area (Å²) in [7, 11) is 0. The van der Waals surface area contributed by atoms with Crippen molar-refractivity contribution in [2.75, 3.05) is 0 Å². The lowest BCUT2D eigenvalue weighted by Gasteiger charge is -2.18. The summed E-state index contributed by atoms with van der Waals surface area (Å²) in [4.78, 5) is 15.7. The highest BCUT2D eigenvalue weighted by molar-refractivity contribution is 7.81. The quantitative estimate of drug-likeness (QED) is 0.802. The average Bonchev–Trinajstić information content (AvgIpc) is 2.26. The van der Waals surface area contributed by atoms with E-state index in [2.05, 4.69) is 17.6 Å². The number of nitrogens with zero attached hydrogens (tertiary/aromatic N) is 1. The van der Waals surface area contributed by atoms with E-state index < -0.39 is 10.7 Å². The maximum atomic E-state index is 11.2. The molecule has 3 nitrogen and oxygen atoms in total. The molecule has 0 unspecified atom stereocenters. The standard InChI is InChI=1S/C13H13NO2S/c1-13(2,17)11-7-9(12(15)16)8-5-3-4-6-10(8)14-11/h3-7,17H,1-2H3,(H,15,16). The van der Waals surface area contributed by atoms with Crippen molar-refractivity contribution in [1.82, 2.24) is 4.98 Å². The van der Waals surface area contributed by atoms with Crippen molar-refractivity contribution in [2.45, 2.75) is 18.6 Å². The zero-order valence-corrected chi connectivity index (χ0v) is 10.5. The Hall–Kier alpha value is -1.55. The van der Waals surface area contributed by atoms with Crippen molar-refractivity contribution in [3.63, 3.8) is 0 Å². The highest BCUT2D eigenvalue weighted by Gasteiger charge is 2.20. The zero-order chi connectivity index (χ0) is 12.6. The third-order valence-corrected chi connectivity index (χ3v) is 2.80. The Kier molecular flexibility index (Phi) is 2.83. The van der Waals surface area contributed by atoms with Crippen LogP contribution in [0.15, 0.2) is 30.3 Å². The second-order valence-electron chi connectivity index (χ2n) is 4.44. The van der Waals surface area contributed by atoms with Crippen LogP contribution in [-0.2, 0) is 4.75 Å². The highest BCUT2D eigenvalue weighted by Crippen LogP contribution is 2.29. The third kappa shape index (κ3) is 2.26. The van der Waals surface area contributed by atoms with Crippen molar-refractivity contribution in [3.05, 3.63) is 41.6 Å². The first kappa shape index (κ1) is 11.9. The van der Waals surface area contributed by atoms with Crippen LogP contribution in [0.5, 0.6) is 0 Å². The molecule has 0 aliphatic carbocycles. The summed E-state index contributed by atoms with van der Waals surface area (Å²) in [5, 5.41) is 9.87. The molecule has 2 rings (SSSR count). The summed E-state index contributed by atoms with van der Waals surface area (Å²) in [6.07, 6.45) is 0. The fraction of sp³-hybridized carbons (Fsp3) is 0.231. The number of thiol groups is 1. The van der Waals surface area contributed by atoms with E-state index in [-0.39, 0.29) is 5.56 Å². The molecule has 0 bridgehead atoms. The second kappa shape index (κ2) is 4.04. The van der Waals surface area contributed by atoms with Gasteiger partial charge in [-0.2, -0.15) is 12.6 Å². The molecule has 0 spiro atoms. The summed E-state index contributed by atoms with van der Waals surface area (Å²) in [6.45, 7) is 3.78. The van der Waals surface area contributed by atoms with Gasteiger partial charge in [0.25, 0.3) is 0 Å². The molecule has 4 heteroatoms. The van der Waals surface area contributed by atoms with Gasteiger partial charge in [-0.15, -0.1) is 0 Å². The second-order valence-corrected chi connectivity index (χ2v) is 5.55. The number of aromatic carboxylic acids is 1. The SMILES string of the molecule is CC(C)(S)c1cc(C(=O)O)c2ccccc2n1. The molecular formula is C13H13NO2S. The summed E-state index contributed by atoms with van der Waals surface area (Å²) in [5.41, 5.74) is 1.62. The van der Waals surface area contributed by atoms with Gasteiger partial charge in [-0.25, -0.2) is 4.79 Å². The van der Waals surface area contributed by atoms with Gasteiger partial charge < -0.3 is 5.11 Å². The Morgan fingerprint density at radius 3 is 2.59 bits per heavy atom. The molecule has 1 aromatic carbocycles. The smallest absolute Gasteiger partial charge is 0.336 e. The van der Waals surface area contributed by atoms with E-state index in [1.807, 2.05) is 32.0 Å². The minimum atomic E-state index is -0.942. The lowest BCUT2D eigenvalue weighted by Crippen LogP contribution is -2.12. The van der Waals surface area contributed by atoms with Gasteiger partial charge in [0.15, 0.2) is 0 Å². The van der Waals surface area contributed by atoms with Gasteiger partial charge in [-0.1, -0.05) is 18.2 Å². The van der Waals surface area contributed by atoms with E-state index in [0.717, 1.165) is 0 Å². The van der Waals surface area contributed by atoms with Gasteiger partial charge in [0.2, 0.25) is 0 Å². The van der Waals surface area contributed by atoms with Gasteiger partial charge in [0.1, 0.15) is 0 Å². The maximum absolute atomic E-state index is 11.2. The summed E-state index contributed by atoms with van der Waals surface area (Å²) >= 11 is 4.43. The third-order valence-electron chi connectivity index (χ3n) is 2.57. The largest absolute Gasteiger partial charge is 0.478 e. The van der Waals surface area contributed by atoms with Gasteiger partial charge >= 0.3 is 5.97 Å². The lowest BCUT2D eigenvalue weighted by atomic mass is 10.0. The van der Waals surface area contributed by atoms with Crippen LogP contribution in [-0.4, -0.2) is 16.1 Å². The van der Waals surface area contributed by atoms with Crippen LogP contribution in [0, 0.1) is 0 Å². The lowest BCUT2D eigenvalue weighted by molar-refractivity contribution is 0.0699. The molecule has 1 heterocycles. The molecule has 0 aliphatic heterocycles. The van der Waals surface area contributed by atoms with Crippen LogP contribution in [0.3, 0.4) is 0 Å². The Balaban J connectivity index is 2.81. The molecule has 0 radical (unpaired) electrons. The number of carboxylic acid groups (broad SMARTS) is 1. The van der Waals surface area contributed by atoms with Crippen LogP contribution in [0.4, 0.5) is 0 Å². The van der Waals surface area contributed by atoms with E-state index in [1.54, 1.807) is 12.1 Å². The monoisotopic (exact) mass is 247 g/mol. The molecule has 0 fully saturated rings. The highest BCUT2D eigenvalue weighted by atomic mass is 32.1. The number of pyridine rings is 1. The molecular weight excluding hydrogens is 234 g/mol. The number of benzene rings is 1. The molecule has 88 valence electrons. The minimum absolute atomic E-state index is 0.271. The maximum Gasteiger partial charge on any atom is 0.336 e. The van der Waals surface area contributed by atoms with E-state index in [1.165, 1.54) is 0 Å². The number of fused-ring (bicyclic) bond motifs is 1. The van der Waals surface area contributed by atoms with Crippen molar-refractivity contribution in [1.29, 1.82) is 0 Å². The molecule has 0 saturated heterocycles. The molecule has 0 amide bonds. The van der Waals surface area contributed by atoms with Crippen molar-refractivity contribution in [3.8, 4) is 0 Å². The summed E-state index contributed by atoms with van der Waals surface area (Å²) < 4.78 is -0.464. The number of carboxylic acids is 1. The van der Waals surface area contributed by atoms with Crippen molar-refractivity contribution < 1.29 is 9.90 Å². The molecule has 0 aliphatic rings. The van der Waals surface area contributed by atoms with Crippen LogP contribution >= 0.6 is 12.6 Å². The fourth-order valence-corrected chi connectivity index (χ4v) is 1.78. The number of hydrogen-bond acceptors (Lipinski definition) is 3. The molecule has 2 aromatic rings. The van der Waals surface area contributed by atoms with Crippen LogP contribution < -0.4 is 0 Å². The summed E-state index contributed by atoms with van der Waals surface area (Å²) in [6, 6.07) is 8.82. The van der Waals surface area contributed by atoms with Crippen molar-refractivity contribution in [2.24, 2.45) is 0 Å². The Morgan fingerprint density at radius 1 is 1.35 bits per heavy atom. The van der Waals surface area contributed by atoms with Crippen LogP contribution in [0.2, 0.25) is 0 Å². The predicted octanol–water partition coefficient (Wildman–Crippen LogP) is 3.10. The Labute approximate surface area is 105 Å². The first-order valence-electron chi connectivity index (χ1n) is 5.25. The van der Waals surface area contributed by atoms with Gasteiger partial charge in [-0.3, -0.25) is 4.98 Å². The first-order chi connectivity index (χ1) is 7.89. The van der Waals surface area contributed by atoms with E-state index >= 15 is 0 Å². The van der Waals surface area contributed by atoms with Gasteiger partial charge in [0.05, 0.1) is 16.8 Å². The van der Waals surface area contributed by atoms with Gasteiger partial charge in [-0.05, 0) is 26.0 Å². The molecule has 1 N–H and O–H groups in total. The number of rotatable bonds is 2. The molecule has 1 aromatic heterocycles. The topological polar surface area (TPSA) is 50.2 Å². The molecule has 0 atom stereocenters. The number of hydrogen-bond donors (Lipinski definition) is 2. The fourth-order valence-electron chi connectivity index (χ4n) is 1.67. The van der Waals surface area contributed by atoms with Crippen molar-refractivity contribution >= 4 is 29.5 Å².